The van der Waals surface area contributed by atoms with Gasteiger partial charge in [0.2, 0.25) is 0 Å². The Hall–Kier alpha value is -1.92. The van der Waals surface area contributed by atoms with E-state index in [2.05, 4.69) is 6.07 Å². The van der Waals surface area contributed by atoms with Gasteiger partial charge in [0.05, 0.1) is 17.5 Å². The van der Waals surface area contributed by atoms with Crippen LogP contribution in [0.4, 0.5) is 5.69 Å². The fraction of sp³-hybridized carbons (Fsp3) is 0.214. The standard InChI is InChI=1S/C14H13ClN2O/c1-10-11(5-6-18-10)9-17(2)14-4-3-13(15)7-12(14)8-16/h3-7H,9H2,1-2H3. The molecule has 0 amide bonds. The van der Waals surface area contributed by atoms with Gasteiger partial charge < -0.3 is 9.32 Å². The van der Waals surface area contributed by atoms with Gasteiger partial charge >= 0.3 is 0 Å². The second-order valence-corrected chi connectivity index (χ2v) is 4.57. The van der Waals surface area contributed by atoms with E-state index in [1.807, 2.05) is 31.0 Å². The number of hydrogen-bond donors (Lipinski definition) is 0. The van der Waals surface area contributed by atoms with Gasteiger partial charge in [-0.1, -0.05) is 11.6 Å². The van der Waals surface area contributed by atoms with Crippen molar-refractivity contribution >= 4 is 17.3 Å². The van der Waals surface area contributed by atoms with Crippen molar-refractivity contribution in [3.8, 4) is 6.07 Å². The van der Waals surface area contributed by atoms with Crippen molar-refractivity contribution < 1.29 is 4.42 Å². The molecule has 0 aliphatic carbocycles. The Morgan fingerprint density at radius 2 is 2.17 bits per heavy atom. The Morgan fingerprint density at radius 1 is 1.39 bits per heavy atom. The van der Waals surface area contributed by atoms with Crippen LogP contribution < -0.4 is 4.90 Å². The maximum Gasteiger partial charge on any atom is 0.105 e. The highest BCUT2D eigenvalue weighted by atomic mass is 35.5. The molecule has 1 heterocycles. The molecule has 18 heavy (non-hydrogen) atoms. The van der Waals surface area contributed by atoms with E-state index >= 15 is 0 Å². The number of nitrogens with zero attached hydrogens (tertiary/aromatic N) is 2. The van der Waals surface area contributed by atoms with Crippen molar-refractivity contribution in [2.24, 2.45) is 0 Å². The van der Waals surface area contributed by atoms with Crippen LogP contribution in [0.15, 0.2) is 34.9 Å². The minimum Gasteiger partial charge on any atom is -0.469 e. The molecule has 0 unspecified atom stereocenters. The van der Waals surface area contributed by atoms with E-state index in [9.17, 15) is 0 Å². The van der Waals surface area contributed by atoms with Crippen molar-refractivity contribution in [3.63, 3.8) is 0 Å². The van der Waals surface area contributed by atoms with Gasteiger partial charge in [-0.05, 0) is 31.2 Å². The summed E-state index contributed by atoms with van der Waals surface area (Å²) in [4.78, 5) is 2.01. The molecule has 0 fully saturated rings. The van der Waals surface area contributed by atoms with Gasteiger partial charge in [0, 0.05) is 24.2 Å². The summed E-state index contributed by atoms with van der Waals surface area (Å²) in [5.74, 6) is 0.898. The zero-order valence-electron chi connectivity index (χ0n) is 10.3. The van der Waals surface area contributed by atoms with Crippen LogP contribution in [0.25, 0.3) is 0 Å². The Labute approximate surface area is 111 Å². The van der Waals surface area contributed by atoms with Crippen LogP contribution in [0.3, 0.4) is 0 Å². The molecule has 2 aromatic rings. The third kappa shape index (κ3) is 2.49. The smallest absolute Gasteiger partial charge is 0.105 e. The summed E-state index contributed by atoms with van der Waals surface area (Å²) >= 11 is 5.88. The lowest BCUT2D eigenvalue weighted by Crippen LogP contribution is -2.17. The van der Waals surface area contributed by atoms with Crippen LogP contribution in [0.2, 0.25) is 5.02 Å². The van der Waals surface area contributed by atoms with Gasteiger partial charge in [-0.2, -0.15) is 5.26 Å². The molecule has 1 aromatic heterocycles. The zero-order chi connectivity index (χ0) is 13.1. The SMILES string of the molecule is Cc1occc1CN(C)c1ccc(Cl)cc1C#N. The number of aryl methyl sites for hydroxylation is 1. The summed E-state index contributed by atoms with van der Waals surface area (Å²) in [5.41, 5.74) is 2.55. The van der Waals surface area contributed by atoms with Crippen molar-refractivity contribution in [1.29, 1.82) is 5.26 Å². The first kappa shape index (κ1) is 12.5. The second kappa shape index (κ2) is 5.16. The van der Waals surface area contributed by atoms with Crippen LogP contribution in [0.1, 0.15) is 16.9 Å². The van der Waals surface area contributed by atoms with E-state index < -0.39 is 0 Å². The molecule has 2 rings (SSSR count). The lowest BCUT2D eigenvalue weighted by Gasteiger charge is -2.20. The van der Waals surface area contributed by atoms with Gasteiger partial charge in [-0.15, -0.1) is 0 Å². The molecule has 4 heteroatoms. The molecule has 0 N–H and O–H groups in total. The Kier molecular flexibility index (Phi) is 3.59. The largest absolute Gasteiger partial charge is 0.469 e. The molecule has 0 saturated carbocycles. The highest BCUT2D eigenvalue weighted by Gasteiger charge is 2.10. The van der Waals surface area contributed by atoms with Crippen LogP contribution in [-0.4, -0.2) is 7.05 Å². The average molecular weight is 261 g/mol. The predicted molar refractivity (Wildman–Crippen MR) is 71.7 cm³/mol. The van der Waals surface area contributed by atoms with Crippen LogP contribution in [0, 0.1) is 18.3 Å². The molecule has 0 atom stereocenters. The topological polar surface area (TPSA) is 40.2 Å². The fourth-order valence-corrected chi connectivity index (χ4v) is 2.02. The van der Waals surface area contributed by atoms with Gasteiger partial charge in [0.1, 0.15) is 11.8 Å². The molecule has 0 spiro atoms. The summed E-state index contributed by atoms with van der Waals surface area (Å²) in [5, 5.41) is 9.69. The van der Waals surface area contributed by atoms with Gasteiger partial charge in [0.15, 0.2) is 0 Å². The molecule has 1 aromatic carbocycles. The van der Waals surface area contributed by atoms with Gasteiger partial charge in [-0.3, -0.25) is 0 Å². The van der Waals surface area contributed by atoms with Crippen molar-refractivity contribution in [3.05, 3.63) is 52.4 Å². The van der Waals surface area contributed by atoms with E-state index in [0.29, 0.717) is 17.1 Å². The summed E-state index contributed by atoms with van der Waals surface area (Å²) in [7, 11) is 1.94. The number of nitriles is 1. The molecule has 0 radical (unpaired) electrons. The minimum atomic E-state index is 0.572. The van der Waals surface area contributed by atoms with Crippen LogP contribution in [0.5, 0.6) is 0 Å². The number of hydrogen-bond acceptors (Lipinski definition) is 3. The third-order valence-corrected chi connectivity index (χ3v) is 3.10. The number of benzene rings is 1. The van der Waals surface area contributed by atoms with E-state index in [4.69, 9.17) is 21.3 Å². The van der Waals surface area contributed by atoms with Gasteiger partial charge in [0.25, 0.3) is 0 Å². The third-order valence-electron chi connectivity index (χ3n) is 2.86. The van der Waals surface area contributed by atoms with Gasteiger partial charge in [-0.25, -0.2) is 0 Å². The zero-order valence-corrected chi connectivity index (χ0v) is 11.0. The molecular weight excluding hydrogens is 248 g/mol. The van der Waals surface area contributed by atoms with Crippen molar-refractivity contribution in [2.45, 2.75) is 13.5 Å². The van der Waals surface area contributed by atoms with Crippen molar-refractivity contribution in [1.82, 2.24) is 0 Å². The summed E-state index contributed by atoms with van der Waals surface area (Å²) in [6.07, 6.45) is 1.67. The van der Waals surface area contributed by atoms with Crippen molar-refractivity contribution in [2.75, 3.05) is 11.9 Å². The molecular formula is C14H13ClN2O. The molecule has 0 aliphatic heterocycles. The lowest BCUT2D eigenvalue weighted by atomic mass is 10.1. The minimum absolute atomic E-state index is 0.572. The average Bonchev–Trinajstić information content (AvgIpc) is 2.74. The second-order valence-electron chi connectivity index (χ2n) is 4.13. The summed E-state index contributed by atoms with van der Waals surface area (Å²) < 4.78 is 5.26. The number of halogens is 1. The molecule has 92 valence electrons. The lowest BCUT2D eigenvalue weighted by molar-refractivity contribution is 0.529. The normalized spacial score (nSPS) is 10.1. The number of anilines is 1. The number of furan rings is 1. The highest BCUT2D eigenvalue weighted by molar-refractivity contribution is 6.30. The monoisotopic (exact) mass is 260 g/mol. The van der Waals surface area contributed by atoms with E-state index in [-0.39, 0.29) is 0 Å². The van der Waals surface area contributed by atoms with E-state index in [1.54, 1.807) is 18.4 Å². The van der Waals surface area contributed by atoms with Crippen LogP contribution in [-0.2, 0) is 6.54 Å². The first-order valence-corrected chi connectivity index (χ1v) is 5.93. The maximum atomic E-state index is 9.12. The fourth-order valence-electron chi connectivity index (χ4n) is 1.85. The highest BCUT2D eigenvalue weighted by Crippen LogP contribution is 2.24. The van der Waals surface area contributed by atoms with E-state index in [0.717, 1.165) is 17.0 Å². The quantitative estimate of drug-likeness (QED) is 0.844. The Bertz CT molecular complexity index is 598. The predicted octanol–water partition coefficient (Wildman–Crippen LogP) is 3.75. The number of rotatable bonds is 3. The van der Waals surface area contributed by atoms with Crippen LogP contribution >= 0.6 is 11.6 Å². The Balaban J connectivity index is 2.27. The first-order chi connectivity index (χ1) is 8.61. The van der Waals surface area contributed by atoms with E-state index in [1.165, 1.54) is 0 Å². The summed E-state index contributed by atoms with van der Waals surface area (Å²) in [6.45, 7) is 2.62. The molecule has 3 nitrogen and oxygen atoms in total. The molecule has 0 bridgehead atoms. The maximum absolute atomic E-state index is 9.12. The first-order valence-electron chi connectivity index (χ1n) is 5.55. The molecule has 0 aliphatic rings. The molecule has 0 saturated heterocycles. The Morgan fingerprint density at radius 3 is 2.78 bits per heavy atom. The summed E-state index contributed by atoms with van der Waals surface area (Å²) in [6, 6.07) is 9.42.